The molecule has 0 aliphatic carbocycles. The molecule has 0 aliphatic heterocycles. The maximum atomic E-state index is 12.3. The molecule has 1 aromatic heterocycles. The van der Waals surface area contributed by atoms with Crippen molar-refractivity contribution in [2.24, 2.45) is 0 Å². The number of carbonyl (C=O) groups excluding carboxylic acids is 1. The van der Waals surface area contributed by atoms with Gasteiger partial charge in [0, 0.05) is 36.3 Å². The smallest absolute Gasteiger partial charge is 0.321 e. The molecular weight excluding hydrogens is 364 g/mol. The normalized spacial score (nSPS) is 10.7. The summed E-state index contributed by atoms with van der Waals surface area (Å²) in [6.45, 7) is 4.39. The van der Waals surface area contributed by atoms with E-state index in [0.29, 0.717) is 35.4 Å². The minimum absolute atomic E-state index is 0.225. The highest BCUT2D eigenvalue weighted by molar-refractivity contribution is 6.31. The summed E-state index contributed by atoms with van der Waals surface area (Å²) < 4.78 is 5.31. The summed E-state index contributed by atoms with van der Waals surface area (Å²) in [6.07, 6.45) is 0.494. The van der Waals surface area contributed by atoms with Gasteiger partial charge in [-0.05, 0) is 43.7 Å². The summed E-state index contributed by atoms with van der Waals surface area (Å²) in [4.78, 5) is 18.3. The number of rotatable bonds is 5. The Labute approximate surface area is 163 Å². The Balaban J connectivity index is 1.55. The molecule has 3 rings (SSSR count). The zero-order valence-electron chi connectivity index (χ0n) is 15.5. The monoisotopic (exact) mass is 384 g/mol. The minimum Gasteiger partial charge on any atom is -0.334 e. The second-order valence-corrected chi connectivity index (χ2v) is 6.85. The van der Waals surface area contributed by atoms with Crippen molar-refractivity contribution >= 4 is 23.3 Å². The average Bonchev–Trinajstić information content (AvgIpc) is 3.12. The fraction of sp³-hybridized carbons (Fsp3) is 0.250. The second kappa shape index (κ2) is 8.22. The Morgan fingerprint density at radius 2 is 1.93 bits per heavy atom. The van der Waals surface area contributed by atoms with Crippen molar-refractivity contribution in [3.63, 3.8) is 0 Å². The van der Waals surface area contributed by atoms with Crippen LogP contribution in [0.2, 0.25) is 5.02 Å². The number of aryl methyl sites for hydroxylation is 2. The van der Waals surface area contributed by atoms with E-state index in [1.807, 2.05) is 50.2 Å². The Morgan fingerprint density at radius 3 is 2.63 bits per heavy atom. The molecule has 27 heavy (non-hydrogen) atoms. The third-order valence-electron chi connectivity index (χ3n) is 4.21. The standard InChI is InChI=1S/C20H21ClN4O2/c1-13-4-7-15(8-5-13)19-23-18(24-27-19)10-11-25(3)20(26)22-16-9-6-14(2)17(21)12-16/h4-9,12H,10-11H2,1-3H3,(H,22,26). The van der Waals surface area contributed by atoms with Gasteiger partial charge < -0.3 is 14.7 Å². The molecule has 0 atom stereocenters. The Kier molecular flexibility index (Phi) is 5.76. The SMILES string of the molecule is Cc1ccc(-c2nc(CCN(C)C(=O)Nc3ccc(C)c(Cl)c3)no2)cc1. The highest BCUT2D eigenvalue weighted by Gasteiger charge is 2.13. The van der Waals surface area contributed by atoms with E-state index in [4.69, 9.17) is 16.1 Å². The van der Waals surface area contributed by atoms with Crippen molar-refractivity contribution in [1.82, 2.24) is 15.0 Å². The zero-order chi connectivity index (χ0) is 19.4. The minimum atomic E-state index is -0.225. The third-order valence-corrected chi connectivity index (χ3v) is 4.61. The highest BCUT2D eigenvalue weighted by atomic mass is 35.5. The van der Waals surface area contributed by atoms with Gasteiger partial charge in [-0.1, -0.05) is 40.5 Å². The van der Waals surface area contributed by atoms with E-state index in [0.717, 1.165) is 11.1 Å². The van der Waals surface area contributed by atoms with E-state index < -0.39 is 0 Å². The molecule has 0 saturated heterocycles. The van der Waals surface area contributed by atoms with E-state index in [9.17, 15) is 4.79 Å². The van der Waals surface area contributed by atoms with Crippen LogP contribution in [0.4, 0.5) is 10.5 Å². The Bertz CT molecular complexity index is 937. The lowest BCUT2D eigenvalue weighted by Crippen LogP contribution is -2.33. The Morgan fingerprint density at radius 1 is 1.19 bits per heavy atom. The highest BCUT2D eigenvalue weighted by Crippen LogP contribution is 2.20. The number of benzene rings is 2. The van der Waals surface area contributed by atoms with Gasteiger partial charge in [0.1, 0.15) is 0 Å². The van der Waals surface area contributed by atoms with E-state index in [1.54, 1.807) is 18.0 Å². The molecule has 0 spiro atoms. The van der Waals surface area contributed by atoms with Crippen LogP contribution in [0, 0.1) is 13.8 Å². The molecular formula is C20H21ClN4O2. The van der Waals surface area contributed by atoms with Gasteiger partial charge >= 0.3 is 6.03 Å². The van der Waals surface area contributed by atoms with Gasteiger partial charge in [-0.25, -0.2) is 4.79 Å². The summed E-state index contributed by atoms with van der Waals surface area (Å²) in [5.74, 6) is 1.04. The van der Waals surface area contributed by atoms with E-state index >= 15 is 0 Å². The third kappa shape index (κ3) is 4.86. The van der Waals surface area contributed by atoms with Crippen LogP contribution in [0.5, 0.6) is 0 Å². The van der Waals surface area contributed by atoms with Crippen LogP contribution in [-0.2, 0) is 6.42 Å². The van der Waals surface area contributed by atoms with E-state index in [-0.39, 0.29) is 6.03 Å². The first kappa shape index (κ1) is 18.9. The first-order chi connectivity index (χ1) is 12.9. The molecule has 140 valence electrons. The molecule has 0 unspecified atom stereocenters. The molecule has 1 heterocycles. The lowest BCUT2D eigenvalue weighted by atomic mass is 10.1. The molecule has 0 radical (unpaired) electrons. The number of carbonyl (C=O) groups is 1. The first-order valence-corrected chi connectivity index (χ1v) is 8.98. The number of likely N-dealkylation sites (N-methyl/N-ethyl adjacent to an activating group) is 1. The number of urea groups is 1. The van der Waals surface area contributed by atoms with Gasteiger partial charge in [0.05, 0.1) is 0 Å². The van der Waals surface area contributed by atoms with E-state index in [1.165, 1.54) is 5.56 Å². The number of hydrogen-bond donors (Lipinski definition) is 1. The largest absolute Gasteiger partial charge is 0.334 e. The molecule has 2 amide bonds. The number of nitrogens with zero attached hydrogens (tertiary/aromatic N) is 3. The summed E-state index contributed by atoms with van der Waals surface area (Å²) in [5, 5.41) is 7.43. The molecule has 6 nitrogen and oxygen atoms in total. The van der Waals surface area contributed by atoms with Crippen LogP contribution in [0.1, 0.15) is 17.0 Å². The average molecular weight is 385 g/mol. The maximum Gasteiger partial charge on any atom is 0.321 e. The molecule has 0 bridgehead atoms. The molecule has 0 aliphatic rings. The van der Waals surface area contributed by atoms with Crippen molar-refractivity contribution in [2.45, 2.75) is 20.3 Å². The second-order valence-electron chi connectivity index (χ2n) is 6.45. The zero-order valence-corrected chi connectivity index (χ0v) is 16.2. The fourth-order valence-corrected chi connectivity index (χ4v) is 2.61. The number of halogens is 1. The van der Waals surface area contributed by atoms with Crippen LogP contribution in [-0.4, -0.2) is 34.7 Å². The predicted molar refractivity (Wildman–Crippen MR) is 106 cm³/mol. The van der Waals surface area contributed by atoms with Gasteiger partial charge in [0.25, 0.3) is 5.89 Å². The van der Waals surface area contributed by atoms with Crippen LogP contribution in [0.15, 0.2) is 47.0 Å². The summed E-state index contributed by atoms with van der Waals surface area (Å²) in [6, 6.07) is 13.1. The summed E-state index contributed by atoms with van der Waals surface area (Å²) in [7, 11) is 1.71. The molecule has 2 aromatic carbocycles. The topological polar surface area (TPSA) is 71.3 Å². The number of hydrogen-bond acceptors (Lipinski definition) is 4. The van der Waals surface area contributed by atoms with E-state index in [2.05, 4.69) is 15.5 Å². The van der Waals surface area contributed by atoms with Crippen molar-refractivity contribution in [1.29, 1.82) is 0 Å². The lowest BCUT2D eigenvalue weighted by Gasteiger charge is -2.17. The number of nitrogens with one attached hydrogen (secondary N) is 1. The number of amides is 2. The summed E-state index contributed by atoms with van der Waals surface area (Å²) in [5.41, 5.74) is 3.66. The molecule has 0 saturated carbocycles. The maximum absolute atomic E-state index is 12.3. The van der Waals surface area contributed by atoms with Gasteiger partial charge in [-0.2, -0.15) is 4.98 Å². The van der Waals surface area contributed by atoms with Crippen LogP contribution in [0.3, 0.4) is 0 Å². The fourth-order valence-electron chi connectivity index (χ4n) is 2.43. The van der Waals surface area contributed by atoms with Gasteiger partial charge in [-0.3, -0.25) is 0 Å². The Hall–Kier alpha value is -2.86. The lowest BCUT2D eigenvalue weighted by molar-refractivity contribution is 0.222. The van der Waals surface area contributed by atoms with Crippen LogP contribution in [0.25, 0.3) is 11.5 Å². The van der Waals surface area contributed by atoms with Crippen molar-refractivity contribution < 1.29 is 9.32 Å². The predicted octanol–water partition coefficient (Wildman–Crippen LogP) is 4.71. The molecule has 7 heteroatoms. The van der Waals surface area contributed by atoms with Crippen LogP contribution < -0.4 is 5.32 Å². The molecule has 3 aromatic rings. The van der Waals surface area contributed by atoms with Crippen molar-refractivity contribution in [2.75, 3.05) is 18.9 Å². The van der Waals surface area contributed by atoms with Crippen LogP contribution >= 0.6 is 11.6 Å². The molecule has 1 N–H and O–H groups in total. The van der Waals surface area contributed by atoms with Crippen molar-refractivity contribution in [3.8, 4) is 11.5 Å². The first-order valence-electron chi connectivity index (χ1n) is 8.60. The van der Waals surface area contributed by atoms with Crippen molar-refractivity contribution in [3.05, 3.63) is 64.4 Å². The van der Waals surface area contributed by atoms with Gasteiger partial charge in [0.2, 0.25) is 0 Å². The van der Waals surface area contributed by atoms with Gasteiger partial charge in [-0.15, -0.1) is 0 Å². The number of aromatic nitrogens is 2. The number of anilines is 1. The molecule has 0 fully saturated rings. The summed E-state index contributed by atoms with van der Waals surface area (Å²) >= 11 is 6.09. The quantitative estimate of drug-likeness (QED) is 0.691. The van der Waals surface area contributed by atoms with Gasteiger partial charge in [0.15, 0.2) is 5.82 Å².